The molecule has 30 heavy (non-hydrogen) atoms. The van der Waals surface area contributed by atoms with Crippen LogP contribution in [0.2, 0.25) is 0 Å². The van der Waals surface area contributed by atoms with Crippen molar-refractivity contribution in [3.05, 3.63) is 0 Å². The molecule has 0 aromatic carbocycles. The van der Waals surface area contributed by atoms with Crippen LogP contribution in [0.15, 0.2) is 0 Å². The number of hydrogen-bond donors (Lipinski definition) is 4. The van der Waals surface area contributed by atoms with E-state index in [-0.39, 0.29) is 37.1 Å². The van der Waals surface area contributed by atoms with Crippen molar-refractivity contribution in [2.45, 2.75) is 82.1 Å². The van der Waals surface area contributed by atoms with Crippen LogP contribution in [-0.4, -0.2) is 68.5 Å². The molecule has 0 spiro atoms. The lowest BCUT2D eigenvalue weighted by molar-refractivity contribution is -0.185. The monoisotopic (exact) mass is 435 g/mol. The Morgan fingerprint density at radius 2 is 1.77 bits per heavy atom. The Bertz CT molecular complexity index is 534. The summed E-state index contributed by atoms with van der Waals surface area (Å²) in [5.74, 6) is -0.378. The quantitative estimate of drug-likeness (QED) is 0.500. The van der Waals surface area contributed by atoms with E-state index in [2.05, 4.69) is 26.2 Å². The molecular weight excluding hydrogens is 398 g/mol. The molecular formula is C21H37F4N5. The van der Waals surface area contributed by atoms with Gasteiger partial charge in [-0.25, -0.2) is 4.39 Å². The molecule has 0 bridgehead atoms. The third kappa shape index (κ3) is 5.28. The smallest absolute Gasteiger partial charge is 0.316 e. The van der Waals surface area contributed by atoms with Crippen LogP contribution >= 0.6 is 0 Å². The number of alkyl halides is 4. The van der Waals surface area contributed by atoms with Gasteiger partial charge in [-0.1, -0.05) is 0 Å². The van der Waals surface area contributed by atoms with Crippen LogP contribution in [0.1, 0.15) is 51.4 Å². The van der Waals surface area contributed by atoms with Crippen molar-refractivity contribution < 1.29 is 17.6 Å². The number of likely N-dealkylation sites (tertiary alicyclic amines) is 1. The summed E-state index contributed by atoms with van der Waals surface area (Å²) in [6.45, 7) is 4.20. The van der Waals surface area contributed by atoms with E-state index in [0.29, 0.717) is 25.4 Å². The minimum atomic E-state index is -4.08. The van der Waals surface area contributed by atoms with E-state index >= 15 is 4.39 Å². The van der Waals surface area contributed by atoms with E-state index in [0.717, 1.165) is 39.0 Å². The molecule has 0 amide bonds. The maximum Gasteiger partial charge on any atom is 0.391 e. The Hall–Kier alpha value is -0.480. The molecule has 5 unspecified atom stereocenters. The van der Waals surface area contributed by atoms with E-state index in [4.69, 9.17) is 0 Å². The maximum absolute atomic E-state index is 15.5. The van der Waals surface area contributed by atoms with Crippen molar-refractivity contribution >= 4 is 0 Å². The molecule has 3 heterocycles. The molecule has 5 nitrogen and oxygen atoms in total. The first-order valence-corrected chi connectivity index (χ1v) is 11.8. The fourth-order valence-corrected chi connectivity index (χ4v) is 6.06. The van der Waals surface area contributed by atoms with E-state index in [1.807, 2.05) is 0 Å². The van der Waals surface area contributed by atoms with Crippen LogP contribution in [0.3, 0.4) is 0 Å². The van der Waals surface area contributed by atoms with Gasteiger partial charge in [-0.3, -0.25) is 20.9 Å². The lowest BCUT2D eigenvalue weighted by atomic mass is 9.77. The van der Waals surface area contributed by atoms with Gasteiger partial charge in [0.15, 0.2) is 6.17 Å². The molecule has 4 N–H and O–H groups in total. The van der Waals surface area contributed by atoms with Crippen LogP contribution in [0.25, 0.3) is 0 Å². The van der Waals surface area contributed by atoms with Gasteiger partial charge < -0.3 is 5.32 Å². The zero-order valence-electron chi connectivity index (χ0n) is 17.7. The molecule has 0 aromatic heterocycles. The average Bonchev–Trinajstić information content (AvgIpc) is 3.23. The number of hydrogen-bond acceptors (Lipinski definition) is 5. The summed E-state index contributed by atoms with van der Waals surface area (Å²) in [6.07, 6.45) is -0.00236. The largest absolute Gasteiger partial charge is 0.391 e. The molecule has 3 aliphatic heterocycles. The van der Waals surface area contributed by atoms with E-state index in [9.17, 15) is 13.2 Å². The predicted octanol–water partition coefficient (Wildman–Crippen LogP) is 2.55. The van der Waals surface area contributed by atoms with Gasteiger partial charge in [-0.2, -0.15) is 13.2 Å². The minimum Gasteiger partial charge on any atom is -0.316 e. The highest BCUT2D eigenvalue weighted by Crippen LogP contribution is 2.43. The van der Waals surface area contributed by atoms with E-state index in [1.165, 1.54) is 12.8 Å². The topological polar surface area (TPSA) is 51.4 Å². The third-order valence-corrected chi connectivity index (χ3v) is 7.76. The summed E-state index contributed by atoms with van der Waals surface area (Å²) in [7, 11) is 0. The van der Waals surface area contributed by atoms with Crippen molar-refractivity contribution in [2.75, 3.05) is 32.8 Å². The van der Waals surface area contributed by atoms with Crippen molar-refractivity contribution in [3.8, 4) is 0 Å². The van der Waals surface area contributed by atoms with Gasteiger partial charge in [-0.15, -0.1) is 0 Å². The highest BCUT2D eigenvalue weighted by molar-refractivity contribution is 4.97. The summed E-state index contributed by atoms with van der Waals surface area (Å²) in [5.41, 5.74) is 0. The van der Waals surface area contributed by atoms with Gasteiger partial charge in [0.05, 0.1) is 18.2 Å². The fourth-order valence-electron chi connectivity index (χ4n) is 6.06. The van der Waals surface area contributed by atoms with Crippen LogP contribution < -0.4 is 21.3 Å². The molecule has 0 radical (unpaired) electrons. The molecule has 4 rings (SSSR count). The highest BCUT2D eigenvalue weighted by Gasteiger charge is 2.46. The van der Waals surface area contributed by atoms with Gasteiger partial charge in [0, 0.05) is 25.8 Å². The fraction of sp³-hybridized carbons (Fsp3) is 1.00. The minimum absolute atomic E-state index is 0.191. The van der Waals surface area contributed by atoms with Gasteiger partial charge in [0.2, 0.25) is 0 Å². The number of nitrogens with zero attached hydrogens (tertiary/aromatic N) is 1. The summed E-state index contributed by atoms with van der Waals surface area (Å²) in [6, 6.07) is 0.191. The van der Waals surface area contributed by atoms with Crippen LogP contribution in [-0.2, 0) is 0 Å². The lowest BCUT2D eigenvalue weighted by Crippen LogP contribution is -2.69. The van der Waals surface area contributed by atoms with Gasteiger partial charge >= 0.3 is 6.18 Å². The second-order valence-corrected chi connectivity index (χ2v) is 9.67. The Morgan fingerprint density at radius 3 is 2.47 bits per heavy atom. The van der Waals surface area contributed by atoms with Gasteiger partial charge in [0.1, 0.15) is 0 Å². The van der Waals surface area contributed by atoms with Crippen LogP contribution in [0.4, 0.5) is 17.6 Å². The van der Waals surface area contributed by atoms with Crippen molar-refractivity contribution in [2.24, 2.45) is 17.8 Å². The first-order valence-electron chi connectivity index (χ1n) is 11.8. The summed E-state index contributed by atoms with van der Waals surface area (Å²) in [5, 5.41) is 13.3. The van der Waals surface area contributed by atoms with Gasteiger partial charge in [-0.05, 0) is 76.3 Å². The number of rotatable bonds is 5. The molecule has 4 fully saturated rings. The van der Waals surface area contributed by atoms with Crippen molar-refractivity contribution in [3.63, 3.8) is 0 Å². The molecule has 9 heteroatoms. The summed E-state index contributed by atoms with van der Waals surface area (Å²) < 4.78 is 54.6. The Morgan fingerprint density at radius 1 is 0.967 bits per heavy atom. The summed E-state index contributed by atoms with van der Waals surface area (Å²) in [4.78, 5) is 2.22. The van der Waals surface area contributed by atoms with Crippen molar-refractivity contribution in [1.82, 2.24) is 26.2 Å². The Balaban J connectivity index is 1.31. The molecule has 4 aliphatic rings. The molecule has 0 aromatic rings. The zero-order valence-corrected chi connectivity index (χ0v) is 17.7. The average molecular weight is 436 g/mol. The second-order valence-electron chi connectivity index (χ2n) is 9.67. The zero-order chi connectivity index (χ0) is 21.1. The number of nitrogens with one attached hydrogen (secondary N) is 4. The second kappa shape index (κ2) is 9.98. The highest BCUT2D eigenvalue weighted by atomic mass is 19.4. The third-order valence-electron chi connectivity index (χ3n) is 7.76. The Kier molecular flexibility index (Phi) is 7.55. The maximum atomic E-state index is 15.5. The van der Waals surface area contributed by atoms with Crippen LogP contribution in [0.5, 0.6) is 0 Å². The molecule has 1 aliphatic carbocycles. The SMILES string of the molecule is FC1C(NCC2CCCNC2)NCNC1N1CCCC1C1CCC(C(F)(F)F)CC1. The molecule has 5 atom stereocenters. The van der Waals surface area contributed by atoms with E-state index in [1.54, 1.807) is 0 Å². The molecule has 3 saturated heterocycles. The Labute approximate surface area is 177 Å². The lowest BCUT2D eigenvalue weighted by Gasteiger charge is -2.45. The standard InChI is InChI=1S/C21H37F4N5/c22-18-19(27-12-14-3-1-9-26-11-14)28-13-29-20(18)30-10-2-4-17(30)15-5-7-16(8-6-15)21(23,24)25/h14-20,26-29H,1-13H2. The number of piperidine rings is 1. The van der Waals surface area contributed by atoms with Crippen molar-refractivity contribution in [1.29, 1.82) is 0 Å². The first kappa shape index (κ1) is 22.7. The first-order chi connectivity index (χ1) is 14.4. The van der Waals surface area contributed by atoms with Crippen LogP contribution in [0, 0.1) is 17.8 Å². The van der Waals surface area contributed by atoms with E-state index < -0.39 is 18.3 Å². The number of halogens is 4. The molecule has 174 valence electrons. The summed E-state index contributed by atoms with van der Waals surface area (Å²) >= 11 is 0. The predicted molar refractivity (Wildman–Crippen MR) is 108 cm³/mol. The molecule has 1 saturated carbocycles. The van der Waals surface area contributed by atoms with Gasteiger partial charge in [0.25, 0.3) is 0 Å². The normalized spacial score (nSPS) is 41.8.